The normalized spacial score (nSPS) is 10.9. The van der Waals surface area contributed by atoms with Gasteiger partial charge in [-0.15, -0.1) is 0 Å². The summed E-state index contributed by atoms with van der Waals surface area (Å²) < 4.78 is 0. The highest BCUT2D eigenvalue weighted by molar-refractivity contribution is 7.95. The number of fused-ring (bicyclic) bond motifs is 1. The van der Waals surface area contributed by atoms with Crippen LogP contribution in [0.3, 0.4) is 0 Å². The average molecular weight is 447 g/mol. The molecule has 2 aliphatic rings. The zero-order valence-corrected chi connectivity index (χ0v) is 18.5. The van der Waals surface area contributed by atoms with Gasteiger partial charge in [0.25, 0.3) is 0 Å². The molecule has 0 bridgehead atoms. The first-order chi connectivity index (χ1) is 13.3. The summed E-state index contributed by atoms with van der Waals surface area (Å²) in [6.07, 6.45) is 1.14. The van der Waals surface area contributed by atoms with Crippen LogP contribution in [0.2, 0.25) is 0 Å². The van der Waals surface area contributed by atoms with E-state index in [1.165, 1.54) is 27.0 Å². The van der Waals surface area contributed by atoms with E-state index in [1.807, 2.05) is 0 Å². The monoisotopic (exact) mass is 446 g/mol. The van der Waals surface area contributed by atoms with Crippen molar-refractivity contribution in [3.63, 3.8) is 0 Å². The summed E-state index contributed by atoms with van der Waals surface area (Å²) in [5.74, 6) is 0. The van der Waals surface area contributed by atoms with Gasteiger partial charge >= 0.3 is 0 Å². The summed E-state index contributed by atoms with van der Waals surface area (Å²) in [4.78, 5) is 0. The first-order valence-corrected chi connectivity index (χ1v) is 11.5. The molecular weight excluding hydrogens is 423 g/mol. The minimum absolute atomic E-state index is 0. The van der Waals surface area contributed by atoms with Crippen LogP contribution in [0.1, 0.15) is 6.92 Å². The molecule has 2 aliphatic carbocycles. The molecule has 0 aromatic heterocycles. The fourth-order valence-corrected chi connectivity index (χ4v) is 7.75. The second kappa shape index (κ2) is 9.32. The molecule has 0 spiro atoms. The first kappa shape index (κ1) is 20.5. The molecule has 140 valence electrons. The smallest absolute Gasteiger partial charge is 0.111 e. The molecule has 0 fully saturated rings. The number of benzene rings is 4. The van der Waals surface area contributed by atoms with Gasteiger partial charge in [-0.1, -0.05) is 72.8 Å². The Labute approximate surface area is 179 Å². The van der Waals surface area contributed by atoms with E-state index in [1.54, 1.807) is 0 Å². The Morgan fingerprint density at radius 2 is 0.857 bits per heavy atom. The van der Waals surface area contributed by atoms with Crippen LogP contribution in [-0.4, -0.2) is 6.16 Å². The number of hydrogen-bond acceptors (Lipinski definition) is 0. The van der Waals surface area contributed by atoms with Gasteiger partial charge in [0, 0.05) is 0 Å². The van der Waals surface area contributed by atoms with Gasteiger partial charge in [-0.2, -0.15) is 0 Å². The fourth-order valence-electron chi connectivity index (χ4n) is 3.72. The van der Waals surface area contributed by atoms with Crippen LogP contribution < -0.4 is 32.9 Å². The van der Waals surface area contributed by atoms with Gasteiger partial charge in [-0.05, 0) is 60.5 Å². The van der Waals surface area contributed by atoms with Crippen molar-refractivity contribution in [3.8, 4) is 11.1 Å². The van der Waals surface area contributed by atoms with E-state index in [0.29, 0.717) is 0 Å². The van der Waals surface area contributed by atoms with Gasteiger partial charge in [-0.3, -0.25) is 0 Å². The SMILES string of the molecule is CC[P+](c1ccccc1)(c1ccccc1)c1ccccc1.[Br-].c1cc2cc-2c1. The number of halogens is 1. The molecule has 0 N–H and O–H groups in total. The highest BCUT2D eigenvalue weighted by Crippen LogP contribution is 2.54. The standard InChI is InChI=1S/C20H20P.C6H4.BrH/c1-2-21(18-12-6-3-7-13-18,19-14-8-4-9-15-19)20-16-10-5-11-17-20;1-2-5-4-6(5)3-1;/h3-17H,2H2,1H3;1-4H;1H/q+1;;/p-1. The molecule has 0 amide bonds. The lowest BCUT2D eigenvalue weighted by molar-refractivity contribution is -0.00000521. The van der Waals surface area contributed by atoms with Crippen LogP contribution in [-0.2, 0) is 0 Å². The van der Waals surface area contributed by atoms with Crippen molar-refractivity contribution in [3.05, 3.63) is 115 Å². The fraction of sp³-hybridized carbons (Fsp3) is 0.0769. The molecule has 3 aromatic rings. The van der Waals surface area contributed by atoms with E-state index < -0.39 is 7.26 Å². The zero-order valence-electron chi connectivity index (χ0n) is 16.0. The van der Waals surface area contributed by atoms with Gasteiger partial charge in [0.2, 0.25) is 0 Å². The summed E-state index contributed by atoms with van der Waals surface area (Å²) in [6.45, 7) is 2.32. The van der Waals surface area contributed by atoms with E-state index in [-0.39, 0.29) is 17.0 Å². The summed E-state index contributed by atoms with van der Waals surface area (Å²) >= 11 is 0. The van der Waals surface area contributed by atoms with Crippen LogP contribution >= 0.6 is 7.26 Å². The Morgan fingerprint density at radius 1 is 0.500 bits per heavy atom. The lowest BCUT2D eigenvalue weighted by Gasteiger charge is -2.26. The van der Waals surface area contributed by atoms with Crippen LogP contribution in [0.15, 0.2) is 115 Å². The Morgan fingerprint density at radius 3 is 1.07 bits per heavy atom. The van der Waals surface area contributed by atoms with E-state index in [4.69, 9.17) is 0 Å². The lowest BCUT2D eigenvalue weighted by Crippen LogP contribution is -3.00. The first-order valence-electron chi connectivity index (χ1n) is 9.50. The third-order valence-electron chi connectivity index (χ3n) is 5.18. The second-order valence-corrected chi connectivity index (χ2v) is 10.5. The maximum atomic E-state index is 2.32. The van der Waals surface area contributed by atoms with Crippen LogP contribution in [0.5, 0.6) is 0 Å². The van der Waals surface area contributed by atoms with Gasteiger partial charge in [0.05, 0.1) is 6.16 Å². The molecule has 0 nitrogen and oxygen atoms in total. The zero-order chi connectivity index (χ0) is 18.5. The maximum absolute atomic E-state index is 2.32. The molecule has 0 heterocycles. The van der Waals surface area contributed by atoms with Crippen LogP contribution in [0.25, 0.3) is 11.1 Å². The van der Waals surface area contributed by atoms with Gasteiger partial charge in [-0.25, -0.2) is 0 Å². The van der Waals surface area contributed by atoms with Gasteiger partial charge in [0.1, 0.15) is 23.2 Å². The van der Waals surface area contributed by atoms with E-state index in [2.05, 4.69) is 122 Å². The third-order valence-corrected chi connectivity index (χ3v) is 9.67. The Balaban J connectivity index is 0.000000270. The van der Waals surface area contributed by atoms with Crippen LogP contribution in [0.4, 0.5) is 0 Å². The highest BCUT2D eigenvalue weighted by atomic mass is 79.9. The minimum atomic E-state index is -1.53. The van der Waals surface area contributed by atoms with E-state index >= 15 is 0 Å². The molecule has 5 rings (SSSR count). The molecule has 0 unspecified atom stereocenters. The van der Waals surface area contributed by atoms with Crippen molar-refractivity contribution in [2.45, 2.75) is 6.92 Å². The summed E-state index contributed by atoms with van der Waals surface area (Å²) in [7, 11) is -1.53. The molecule has 28 heavy (non-hydrogen) atoms. The van der Waals surface area contributed by atoms with Crippen molar-refractivity contribution < 1.29 is 17.0 Å². The number of rotatable bonds is 4. The largest absolute Gasteiger partial charge is 1.00 e. The van der Waals surface area contributed by atoms with E-state index in [0.717, 1.165) is 6.16 Å². The van der Waals surface area contributed by atoms with E-state index in [9.17, 15) is 0 Å². The summed E-state index contributed by atoms with van der Waals surface area (Å²) in [5.41, 5.74) is 2.85. The van der Waals surface area contributed by atoms with Crippen LogP contribution in [0, 0.1) is 0 Å². The predicted molar refractivity (Wildman–Crippen MR) is 121 cm³/mol. The Kier molecular flexibility index (Phi) is 6.83. The molecule has 0 atom stereocenters. The Hall–Kier alpha value is -2.21. The molecule has 0 saturated heterocycles. The summed E-state index contributed by atoms with van der Waals surface area (Å²) in [5, 5.41) is 4.39. The topological polar surface area (TPSA) is 0 Å². The molecule has 0 radical (unpaired) electrons. The quantitative estimate of drug-likeness (QED) is 0.372. The van der Waals surface area contributed by atoms with Crippen molar-refractivity contribution in [1.82, 2.24) is 0 Å². The number of hydrogen-bond donors (Lipinski definition) is 0. The van der Waals surface area contributed by atoms with Crippen molar-refractivity contribution >= 4 is 23.2 Å². The molecule has 2 heteroatoms. The molecular formula is C26H24BrP. The molecule has 0 aliphatic heterocycles. The maximum Gasteiger partial charge on any atom is 0.111 e. The highest BCUT2D eigenvalue weighted by Gasteiger charge is 2.43. The Bertz CT molecular complexity index is 884. The average Bonchev–Trinajstić information content (AvgIpc) is 3.36. The lowest BCUT2D eigenvalue weighted by atomic mass is 10.4. The molecule has 3 aromatic carbocycles. The third kappa shape index (κ3) is 4.12. The molecule has 0 saturated carbocycles. The predicted octanol–water partition coefficient (Wildman–Crippen LogP) is 2.67. The van der Waals surface area contributed by atoms with Crippen molar-refractivity contribution in [1.29, 1.82) is 0 Å². The van der Waals surface area contributed by atoms with Crippen molar-refractivity contribution in [2.75, 3.05) is 6.16 Å². The minimum Gasteiger partial charge on any atom is -1.00 e. The van der Waals surface area contributed by atoms with Gasteiger partial charge in [0.15, 0.2) is 0 Å². The second-order valence-electron chi connectivity index (χ2n) is 6.71. The van der Waals surface area contributed by atoms with Crippen molar-refractivity contribution in [2.24, 2.45) is 0 Å². The summed E-state index contributed by atoms with van der Waals surface area (Å²) in [6, 6.07) is 41.5. The van der Waals surface area contributed by atoms with Gasteiger partial charge < -0.3 is 17.0 Å².